The lowest BCUT2D eigenvalue weighted by atomic mass is 10.2. The molecule has 0 saturated carbocycles. The molecule has 0 amide bonds. The Labute approximate surface area is 164 Å². The maximum absolute atomic E-state index is 5.42. The van der Waals surface area contributed by atoms with Crippen molar-refractivity contribution in [3.63, 3.8) is 0 Å². The summed E-state index contributed by atoms with van der Waals surface area (Å²) in [5, 5.41) is 3.41. The second-order valence-electron chi connectivity index (χ2n) is 6.68. The van der Waals surface area contributed by atoms with Gasteiger partial charge in [-0.25, -0.2) is 15.0 Å². The van der Waals surface area contributed by atoms with Crippen molar-refractivity contribution >= 4 is 17.3 Å². The second-order valence-corrected chi connectivity index (χ2v) is 6.68. The van der Waals surface area contributed by atoms with Crippen LogP contribution in [-0.4, -0.2) is 46.2 Å². The fourth-order valence-corrected chi connectivity index (χ4v) is 3.16. The Hall–Kier alpha value is -3.06. The van der Waals surface area contributed by atoms with Gasteiger partial charge in [0.2, 0.25) is 0 Å². The monoisotopic (exact) mass is 376 g/mol. The predicted octanol–water partition coefficient (Wildman–Crippen LogP) is 3.38. The Morgan fingerprint density at radius 2 is 1.82 bits per heavy atom. The molecule has 0 aliphatic carbocycles. The maximum Gasteiger partial charge on any atom is 0.161 e. The van der Waals surface area contributed by atoms with Gasteiger partial charge in [-0.05, 0) is 37.6 Å². The molecular formula is C21H24N6O. The van der Waals surface area contributed by atoms with E-state index in [4.69, 9.17) is 14.7 Å². The standard InChI is InChI=1S/C21H24N6O/c1-3-17-14-19(26-21(24-17)16-6-8-22-9-7-16)25-18-4-5-20(23-15(18)2)27-10-12-28-13-11-27/h4-9,14H,3,10-13H2,1-2H3,(H,24,25,26). The van der Waals surface area contributed by atoms with Gasteiger partial charge in [0.05, 0.1) is 24.6 Å². The van der Waals surface area contributed by atoms with Crippen molar-refractivity contribution in [2.75, 3.05) is 36.5 Å². The maximum atomic E-state index is 5.42. The SMILES string of the molecule is CCc1cc(Nc2ccc(N3CCOCC3)nc2C)nc(-c2ccncc2)n1. The van der Waals surface area contributed by atoms with E-state index in [-0.39, 0.29) is 0 Å². The van der Waals surface area contributed by atoms with Gasteiger partial charge in [-0.1, -0.05) is 6.92 Å². The molecule has 3 aromatic heterocycles. The highest BCUT2D eigenvalue weighted by atomic mass is 16.5. The van der Waals surface area contributed by atoms with Gasteiger partial charge in [-0.15, -0.1) is 0 Å². The van der Waals surface area contributed by atoms with Crippen LogP contribution in [-0.2, 0) is 11.2 Å². The van der Waals surface area contributed by atoms with Crippen LogP contribution in [0, 0.1) is 6.92 Å². The van der Waals surface area contributed by atoms with E-state index in [0.29, 0.717) is 5.82 Å². The molecule has 0 unspecified atom stereocenters. The average Bonchev–Trinajstić information content (AvgIpc) is 2.76. The molecule has 0 spiro atoms. The normalized spacial score (nSPS) is 14.1. The van der Waals surface area contributed by atoms with Gasteiger partial charge in [-0.3, -0.25) is 4.98 Å². The molecule has 7 nitrogen and oxygen atoms in total. The third kappa shape index (κ3) is 4.09. The van der Waals surface area contributed by atoms with E-state index in [0.717, 1.165) is 67.0 Å². The second kappa shape index (κ2) is 8.31. The number of hydrogen-bond donors (Lipinski definition) is 1. The predicted molar refractivity (Wildman–Crippen MR) is 110 cm³/mol. The zero-order chi connectivity index (χ0) is 19.3. The molecule has 144 valence electrons. The molecule has 4 heterocycles. The minimum absolute atomic E-state index is 0.694. The van der Waals surface area contributed by atoms with E-state index in [9.17, 15) is 0 Å². The largest absolute Gasteiger partial charge is 0.378 e. The number of aryl methyl sites for hydroxylation is 2. The molecule has 1 N–H and O–H groups in total. The number of nitrogens with zero attached hydrogens (tertiary/aromatic N) is 5. The van der Waals surface area contributed by atoms with E-state index in [1.807, 2.05) is 31.2 Å². The molecule has 0 radical (unpaired) electrons. The summed E-state index contributed by atoms with van der Waals surface area (Å²) in [6.07, 6.45) is 4.34. The van der Waals surface area contributed by atoms with Crippen LogP contribution in [0.4, 0.5) is 17.3 Å². The first-order valence-corrected chi connectivity index (χ1v) is 9.58. The number of ether oxygens (including phenoxy) is 1. The van der Waals surface area contributed by atoms with E-state index >= 15 is 0 Å². The van der Waals surface area contributed by atoms with Crippen molar-refractivity contribution in [1.82, 2.24) is 19.9 Å². The summed E-state index contributed by atoms with van der Waals surface area (Å²) in [4.78, 5) is 20.4. The van der Waals surface area contributed by atoms with E-state index in [1.165, 1.54) is 0 Å². The molecule has 3 aromatic rings. The Bertz CT molecular complexity index is 941. The number of anilines is 3. The molecule has 7 heteroatoms. The molecule has 0 aromatic carbocycles. The van der Waals surface area contributed by atoms with E-state index in [2.05, 4.69) is 33.2 Å². The smallest absolute Gasteiger partial charge is 0.161 e. The average molecular weight is 376 g/mol. The third-order valence-electron chi connectivity index (χ3n) is 4.75. The third-order valence-corrected chi connectivity index (χ3v) is 4.75. The van der Waals surface area contributed by atoms with Crippen LogP contribution in [0.3, 0.4) is 0 Å². The molecule has 0 atom stereocenters. The Morgan fingerprint density at radius 3 is 2.54 bits per heavy atom. The molecule has 1 aliphatic rings. The highest BCUT2D eigenvalue weighted by molar-refractivity contribution is 5.64. The molecule has 28 heavy (non-hydrogen) atoms. The Balaban J connectivity index is 1.60. The molecular weight excluding hydrogens is 352 g/mol. The van der Waals surface area contributed by atoms with Crippen LogP contribution in [0.15, 0.2) is 42.7 Å². The number of hydrogen-bond acceptors (Lipinski definition) is 7. The summed E-state index contributed by atoms with van der Waals surface area (Å²) in [5.41, 5.74) is 3.82. The first-order valence-electron chi connectivity index (χ1n) is 9.58. The van der Waals surface area contributed by atoms with Gasteiger partial charge in [-0.2, -0.15) is 0 Å². The van der Waals surface area contributed by atoms with Gasteiger partial charge in [0.15, 0.2) is 5.82 Å². The van der Waals surface area contributed by atoms with Crippen molar-refractivity contribution < 1.29 is 4.74 Å². The summed E-state index contributed by atoms with van der Waals surface area (Å²) < 4.78 is 5.42. The van der Waals surface area contributed by atoms with Gasteiger partial charge >= 0.3 is 0 Å². The summed E-state index contributed by atoms with van der Waals surface area (Å²) >= 11 is 0. The fraction of sp³-hybridized carbons (Fsp3) is 0.333. The van der Waals surface area contributed by atoms with E-state index in [1.54, 1.807) is 12.4 Å². The number of aromatic nitrogens is 4. The molecule has 1 fully saturated rings. The quantitative estimate of drug-likeness (QED) is 0.731. The molecule has 0 bridgehead atoms. The van der Waals surface area contributed by atoms with Crippen LogP contribution in [0.1, 0.15) is 18.3 Å². The highest BCUT2D eigenvalue weighted by Gasteiger charge is 2.14. The van der Waals surface area contributed by atoms with Gasteiger partial charge < -0.3 is 15.0 Å². The van der Waals surface area contributed by atoms with Crippen LogP contribution >= 0.6 is 0 Å². The van der Waals surface area contributed by atoms with Crippen molar-refractivity contribution in [1.29, 1.82) is 0 Å². The zero-order valence-electron chi connectivity index (χ0n) is 16.2. The van der Waals surface area contributed by atoms with Crippen molar-refractivity contribution in [3.05, 3.63) is 54.1 Å². The minimum Gasteiger partial charge on any atom is -0.378 e. The van der Waals surface area contributed by atoms with Crippen molar-refractivity contribution in [3.8, 4) is 11.4 Å². The summed E-state index contributed by atoms with van der Waals surface area (Å²) in [5.74, 6) is 2.45. The van der Waals surface area contributed by atoms with Crippen LogP contribution in [0.5, 0.6) is 0 Å². The summed E-state index contributed by atoms with van der Waals surface area (Å²) in [6.45, 7) is 7.35. The number of rotatable bonds is 5. The number of pyridine rings is 2. The number of morpholine rings is 1. The van der Waals surface area contributed by atoms with Crippen LogP contribution in [0.2, 0.25) is 0 Å². The van der Waals surface area contributed by atoms with Crippen LogP contribution < -0.4 is 10.2 Å². The zero-order valence-corrected chi connectivity index (χ0v) is 16.2. The fourth-order valence-electron chi connectivity index (χ4n) is 3.16. The Morgan fingerprint density at radius 1 is 1.04 bits per heavy atom. The van der Waals surface area contributed by atoms with Crippen molar-refractivity contribution in [2.45, 2.75) is 20.3 Å². The lowest BCUT2D eigenvalue weighted by Crippen LogP contribution is -2.36. The highest BCUT2D eigenvalue weighted by Crippen LogP contribution is 2.24. The lowest BCUT2D eigenvalue weighted by Gasteiger charge is -2.28. The minimum atomic E-state index is 0.694. The van der Waals surface area contributed by atoms with Gasteiger partial charge in [0, 0.05) is 42.8 Å². The van der Waals surface area contributed by atoms with Gasteiger partial charge in [0.25, 0.3) is 0 Å². The first-order chi connectivity index (χ1) is 13.7. The first kappa shape index (κ1) is 18.3. The van der Waals surface area contributed by atoms with E-state index < -0.39 is 0 Å². The topological polar surface area (TPSA) is 76.1 Å². The van der Waals surface area contributed by atoms with Gasteiger partial charge in [0.1, 0.15) is 11.6 Å². The van der Waals surface area contributed by atoms with Crippen molar-refractivity contribution in [2.24, 2.45) is 0 Å². The number of nitrogens with one attached hydrogen (secondary N) is 1. The molecule has 1 saturated heterocycles. The molecule has 1 aliphatic heterocycles. The Kier molecular flexibility index (Phi) is 5.43. The summed E-state index contributed by atoms with van der Waals surface area (Å²) in [7, 11) is 0. The lowest BCUT2D eigenvalue weighted by molar-refractivity contribution is 0.122. The molecule has 4 rings (SSSR count). The summed E-state index contributed by atoms with van der Waals surface area (Å²) in [6, 6.07) is 9.93. The van der Waals surface area contributed by atoms with Crippen LogP contribution in [0.25, 0.3) is 11.4 Å².